The van der Waals surface area contributed by atoms with Crippen molar-refractivity contribution in [2.45, 2.75) is 32.7 Å². The summed E-state index contributed by atoms with van der Waals surface area (Å²) >= 11 is 3.28. The quantitative estimate of drug-likeness (QED) is 0.792. The lowest BCUT2D eigenvalue weighted by Gasteiger charge is -2.07. The molecular weight excluding hydrogens is 304 g/mol. The van der Waals surface area contributed by atoms with Crippen molar-refractivity contribution >= 4 is 15.9 Å². The molecule has 100 valence electrons. The lowest BCUT2D eigenvalue weighted by Crippen LogP contribution is -2.22. The first-order valence-corrected chi connectivity index (χ1v) is 7.23. The highest BCUT2D eigenvalue weighted by Crippen LogP contribution is 2.08. The third kappa shape index (κ3) is 3.77. The Kier molecular flexibility index (Phi) is 4.91. The first kappa shape index (κ1) is 14.0. The van der Waals surface area contributed by atoms with Crippen molar-refractivity contribution in [3.8, 4) is 0 Å². The first-order chi connectivity index (χ1) is 9.18. The van der Waals surface area contributed by atoms with Crippen LogP contribution < -0.4 is 5.56 Å². The van der Waals surface area contributed by atoms with Crippen LogP contribution in [0.5, 0.6) is 0 Å². The van der Waals surface area contributed by atoms with E-state index in [0.29, 0.717) is 4.47 Å². The molecule has 0 amide bonds. The van der Waals surface area contributed by atoms with Crippen LogP contribution in [0.1, 0.15) is 24.1 Å². The van der Waals surface area contributed by atoms with Gasteiger partial charge < -0.3 is 0 Å². The van der Waals surface area contributed by atoms with Crippen LogP contribution in [0, 0.1) is 6.92 Å². The summed E-state index contributed by atoms with van der Waals surface area (Å²) in [7, 11) is 0. The monoisotopic (exact) mass is 320 g/mol. The zero-order chi connectivity index (χ0) is 13.7. The Bertz CT molecular complexity index is 593. The smallest absolute Gasteiger partial charge is 0.267 e. The maximum atomic E-state index is 11.9. The molecule has 3 nitrogen and oxygen atoms in total. The van der Waals surface area contributed by atoms with Gasteiger partial charge in [-0.1, -0.05) is 30.3 Å². The van der Waals surface area contributed by atoms with Crippen LogP contribution >= 0.6 is 15.9 Å². The molecule has 1 aromatic carbocycles. The van der Waals surface area contributed by atoms with Crippen LogP contribution in [0.15, 0.2) is 45.9 Å². The van der Waals surface area contributed by atoms with E-state index in [2.05, 4.69) is 45.2 Å². The third-order valence-corrected chi connectivity index (χ3v) is 4.03. The van der Waals surface area contributed by atoms with Gasteiger partial charge in [-0.25, -0.2) is 4.98 Å². The molecule has 0 radical (unpaired) electrons. The summed E-state index contributed by atoms with van der Waals surface area (Å²) in [5, 5.41) is 0. The number of hydrogen-bond acceptors (Lipinski definition) is 2. The Labute approximate surface area is 121 Å². The fourth-order valence-electron chi connectivity index (χ4n) is 1.96. The van der Waals surface area contributed by atoms with Crippen molar-refractivity contribution in [1.82, 2.24) is 9.55 Å². The molecule has 0 aliphatic heterocycles. The molecule has 0 aliphatic carbocycles. The normalized spacial score (nSPS) is 10.6. The summed E-state index contributed by atoms with van der Waals surface area (Å²) in [6, 6.07) is 10.4. The van der Waals surface area contributed by atoms with Gasteiger partial charge in [0.15, 0.2) is 0 Å². The van der Waals surface area contributed by atoms with Gasteiger partial charge in [0.05, 0.1) is 12.0 Å². The van der Waals surface area contributed by atoms with Gasteiger partial charge in [-0.15, -0.1) is 0 Å². The zero-order valence-corrected chi connectivity index (χ0v) is 12.6. The lowest BCUT2D eigenvalue weighted by molar-refractivity contribution is 0.581. The van der Waals surface area contributed by atoms with Gasteiger partial charge in [0.25, 0.3) is 5.56 Å². The van der Waals surface area contributed by atoms with E-state index in [9.17, 15) is 4.79 Å². The Balaban J connectivity index is 1.87. The van der Waals surface area contributed by atoms with Gasteiger partial charge in [0, 0.05) is 6.54 Å². The molecule has 0 saturated heterocycles. The fourth-order valence-corrected chi connectivity index (χ4v) is 2.29. The Morgan fingerprint density at radius 2 is 1.95 bits per heavy atom. The van der Waals surface area contributed by atoms with Gasteiger partial charge in [0.2, 0.25) is 0 Å². The van der Waals surface area contributed by atoms with Crippen LogP contribution in [-0.2, 0) is 13.0 Å². The number of unbranched alkanes of at least 4 members (excludes halogenated alkanes) is 1. The predicted octanol–water partition coefficient (Wildman–Crippen LogP) is 3.34. The predicted molar refractivity (Wildman–Crippen MR) is 80.3 cm³/mol. The van der Waals surface area contributed by atoms with Crippen molar-refractivity contribution in [3.63, 3.8) is 0 Å². The van der Waals surface area contributed by atoms with Crippen LogP contribution in [0.25, 0.3) is 0 Å². The largest absolute Gasteiger partial charge is 0.298 e. The Morgan fingerprint density at radius 1 is 1.21 bits per heavy atom. The second-order valence-electron chi connectivity index (χ2n) is 4.59. The number of benzene rings is 1. The molecule has 0 aliphatic rings. The van der Waals surface area contributed by atoms with E-state index in [-0.39, 0.29) is 5.56 Å². The topological polar surface area (TPSA) is 34.9 Å². The van der Waals surface area contributed by atoms with Crippen molar-refractivity contribution in [1.29, 1.82) is 0 Å². The molecule has 2 rings (SSSR count). The second-order valence-corrected chi connectivity index (χ2v) is 5.38. The standard InChI is InChI=1S/C15H17BrN2O/c1-12-14(16)15(19)18(11-17-12)10-6-5-9-13-7-3-2-4-8-13/h2-4,7-8,11H,5-6,9-10H2,1H3. The second kappa shape index (κ2) is 6.66. The van der Waals surface area contributed by atoms with Crippen LogP contribution in [0.2, 0.25) is 0 Å². The van der Waals surface area contributed by atoms with E-state index in [0.717, 1.165) is 31.5 Å². The summed E-state index contributed by atoms with van der Waals surface area (Å²) in [6.07, 6.45) is 4.73. The first-order valence-electron chi connectivity index (χ1n) is 6.44. The molecule has 19 heavy (non-hydrogen) atoms. The molecule has 0 spiro atoms. The van der Waals surface area contributed by atoms with Crippen molar-refractivity contribution in [2.75, 3.05) is 0 Å². The van der Waals surface area contributed by atoms with Gasteiger partial charge in [-0.3, -0.25) is 9.36 Å². The molecular formula is C15H17BrN2O. The molecule has 4 heteroatoms. The fraction of sp³-hybridized carbons (Fsp3) is 0.333. The molecule has 2 aromatic rings. The summed E-state index contributed by atoms with van der Waals surface area (Å²) in [4.78, 5) is 16.1. The van der Waals surface area contributed by atoms with Crippen molar-refractivity contribution in [2.24, 2.45) is 0 Å². The van der Waals surface area contributed by atoms with Gasteiger partial charge in [0.1, 0.15) is 4.47 Å². The highest BCUT2D eigenvalue weighted by atomic mass is 79.9. The summed E-state index contributed by atoms with van der Waals surface area (Å²) in [5.74, 6) is 0. The summed E-state index contributed by atoms with van der Waals surface area (Å²) in [6.45, 7) is 2.54. The van der Waals surface area contributed by atoms with Crippen LogP contribution in [0.3, 0.4) is 0 Å². The molecule has 0 fully saturated rings. The highest BCUT2D eigenvalue weighted by Gasteiger charge is 2.04. The number of aromatic nitrogens is 2. The summed E-state index contributed by atoms with van der Waals surface area (Å²) < 4.78 is 2.24. The van der Waals surface area contributed by atoms with E-state index in [1.165, 1.54) is 5.56 Å². The molecule has 0 N–H and O–H groups in total. The number of halogens is 1. The van der Waals surface area contributed by atoms with Crippen LogP contribution in [0.4, 0.5) is 0 Å². The minimum atomic E-state index is 0.00668. The number of nitrogens with zero attached hydrogens (tertiary/aromatic N) is 2. The van der Waals surface area contributed by atoms with E-state index >= 15 is 0 Å². The van der Waals surface area contributed by atoms with E-state index in [1.807, 2.05) is 13.0 Å². The average Bonchev–Trinajstić information content (AvgIpc) is 2.44. The minimum absolute atomic E-state index is 0.00668. The van der Waals surface area contributed by atoms with E-state index < -0.39 is 0 Å². The van der Waals surface area contributed by atoms with Crippen molar-refractivity contribution in [3.05, 3.63) is 62.7 Å². The van der Waals surface area contributed by atoms with Crippen LogP contribution in [-0.4, -0.2) is 9.55 Å². The van der Waals surface area contributed by atoms with Crippen molar-refractivity contribution < 1.29 is 0 Å². The molecule has 1 aromatic heterocycles. The molecule has 0 bridgehead atoms. The Morgan fingerprint density at radius 3 is 2.68 bits per heavy atom. The minimum Gasteiger partial charge on any atom is -0.298 e. The number of hydrogen-bond donors (Lipinski definition) is 0. The van der Waals surface area contributed by atoms with Gasteiger partial charge >= 0.3 is 0 Å². The maximum Gasteiger partial charge on any atom is 0.267 e. The third-order valence-electron chi connectivity index (χ3n) is 3.11. The SMILES string of the molecule is Cc1ncn(CCCCc2ccccc2)c(=O)c1Br. The lowest BCUT2D eigenvalue weighted by atomic mass is 10.1. The van der Waals surface area contributed by atoms with E-state index in [1.54, 1.807) is 10.9 Å². The number of rotatable bonds is 5. The highest BCUT2D eigenvalue weighted by molar-refractivity contribution is 9.10. The molecule has 0 atom stereocenters. The number of aryl methyl sites for hydroxylation is 3. The average molecular weight is 321 g/mol. The molecule has 1 heterocycles. The molecule has 0 unspecified atom stereocenters. The maximum absolute atomic E-state index is 11.9. The Hall–Kier alpha value is -1.42. The van der Waals surface area contributed by atoms with E-state index in [4.69, 9.17) is 0 Å². The zero-order valence-electron chi connectivity index (χ0n) is 11.0. The summed E-state index contributed by atoms with van der Waals surface area (Å²) in [5.41, 5.74) is 2.09. The van der Waals surface area contributed by atoms with Gasteiger partial charge in [-0.05, 0) is 47.7 Å². The van der Waals surface area contributed by atoms with Gasteiger partial charge in [-0.2, -0.15) is 0 Å². The molecule has 0 saturated carbocycles.